The van der Waals surface area contributed by atoms with Crippen molar-refractivity contribution in [3.8, 4) is 0 Å². The van der Waals surface area contributed by atoms with Crippen LogP contribution in [0.25, 0.3) is 0 Å². The Hall–Kier alpha value is -1.88. The van der Waals surface area contributed by atoms with Crippen LogP contribution in [-0.2, 0) is 14.3 Å². The van der Waals surface area contributed by atoms with Crippen LogP contribution in [0.15, 0.2) is 30.3 Å². The fourth-order valence-corrected chi connectivity index (χ4v) is 3.49. The van der Waals surface area contributed by atoms with Crippen LogP contribution in [0.5, 0.6) is 0 Å². The van der Waals surface area contributed by atoms with Gasteiger partial charge >= 0.3 is 5.97 Å². The zero-order chi connectivity index (χ0) is 15.5. The van der Waals surface area contributed by atoms with Gasteiger partial charge in [-0.3, -0.25) is 14.9 Å². The summed E-state index contributed by atoms with van der Waals surface area (Å²) in [6.07, 6.45) is 2.64. The van der Waals surface area contributed by atoms with E-state index in [0.29, 0.717) is 6.42 Å². The molecule has 0 aromatic heterocycles. The summed E-state index contributed by atoms with van der Waals surface area (Å²) in [6.45, 7) is 1.66. The van der Waals surface area contributed by atoms with Gasteiger partial charge in [0.2, 0.25) is 5.91 Å². The van der Waals surface area contributed by atoms with Crippen molar-refractivity contribution in [2.45, 2.75) is 31.3 Å². The van der Waals surface area contributed by atoms with Crippen LogP contribution in [0.4, 0.5) is 0 Å². The number of hydrogen-bond acceptors (Lipinski definition) is 4. The molecule has 1 N–H and O–H groups in total. The summed E-state index contributed by atoms with van der Waals surface area (Å²) in [5.41, 5.74) is 1.02. The van der Waals surface area contributed by atoms with E-state index in [9.17, 15) is 9.59 Å². The molecule has 0 aliphatic carbocycles. The van der Waals surface area contributed by atoms with Gasteiger partial charge < -0.3 is 9.64 Å². The Balaban J connectivity index is 1.79. The third kappa shape index (κ3) is 2.86. The van der Waals surface area contributed by atoms with E-state index in [-0.39, 0.29) is 29.9 Å². The third-order valence-corrected chi connectivity index (χ3v) is 4.65. The minimum atomic E-state index is -0.316. The van der Waals surface area contributed by atoms with E-state index in [1.54, 1.807) is 0 Å². The first kappa shape index (κ1) is 15.0. The second-order valence-corrected chi connectivity index (χ2v) is 6.01. The van der Waals surface area contributed by atoms with Crippen molar-refractivity contribution < 1.29 is 14.3 Å². The summed E-state index contributed by atoms with van der Waals surface area (Å²) in [6, 6.07) is 9.34. The highest BCUT2D eigenvalue weighted by atomic mass is 16.5. The number of ether oxygens (including phenoxy) is 1. The number of rotatable bonds is 3. The van der Waals surface area contributed by atoms with Crippen molar-refractivity contribution in [3.63, 3.8) is 0 Å². The maximum Gasteiger partial charge on any atom is 0.310 e. The molecule has 1 amide bonds. The summed E-state index contributed by atoms with van der Waals surface area (Å²) in [4.78, 5) is 26.6. The molecule has 1 aromatic carbocycles. The van der Waals surface area contributed by atoms with Gasteiger partial charge in [0, 0.05) is 19.1 Å². The van der Waals surface area contributed by atoms with Crippen molar-refractivity contribution in [3.05, 3.63) is 35.9 Å². The Morgan fingerprint density at radius 3 is 2.50 bits per heavy atom. The normalized spacial score (nSPS) is 27.9. The van der Waals surface area contributed by atoms with Crippen LogP contribution in [0.2, 0.25) is 0 Å². The molecule has 0 radical (unpaired) electrons. The Kier molecular flexibility index (Phi) is 4.43. The molecule has 2 heterocycles. The van der Waals surface area contributed by atoms with Crippen molar-refractivity contribution in [1.82, 2.24) is 10.2 Å². The molecule has 3 rings (SSSR count). The van der Waals surface area contributed by atoms with Crippen LogP contribution in [-0.4, -0.2) is 43.0 Å². The summed E-state index contributed by atoms with van der Waals surface area (Å²) in [5, 5.41) is 3.36. The molecule has 5 nitrogen and oxygen atoms in total. The molecule has 5 heteroatoms. The number of likely N-dealkylation sites (tertiary alicyclic amines) is 1. The van der Waals surface area contributed by atoms with E-state index in [2.05, 4.69) is 5.32 Å². The monoisotopic (exact) mass is 302 g/mol. The maximum atomic E-state index is 12.6. The Labute approximate surface area is 130 Å². The van der Waals surface area contributed by atoms with Gasteiger partial charge in [-0.2, -0.15) is 0 Å². The smallest absolute Gasteiger partial charge is 0.310 e. The summed E-state index contributed by atoms with van der Waals surface area (Å²) in [5.74, 6) is -0.452. The molecule has 118 valence electrons. The van der Waals surface area contributed by atoms with Gasteiger partial charge in [-0.25, -0.2) is 0 Å². The summed E-state index contributed by atoms with van der Waals surface area (Å²) < 4.78 is 4.94. The van der Waals surface area contributed by atoms with Gasteiger partial charge in [0.1, 0.15) is 0 Å². The maximum absolute atomic E-state index is 12.6. The number of carbonyl (C=O) groups is 2. The highest BCUT2D eigenvalue weighted by Gasteiger charge is 2.43. The zero-order valence-electron chi connectivity index (χ0n) is 12.8. The lowest BCUT2D eigenvalue weighted by molar-refractivity contribution is -0.145. The van der Waals surface area contributed by atoms with Crippen molar-refractivity contribution in [1.29, 1.82) is 0 Å². The van der Waals surface area contributed by atoms with E-state index in [1.165, 1.54) is 7.11 Å². The quantitative estimate of drug-likeness (QED) is 0.860. The minimum absolute atomic E-state index is 0.116. The molecule has 2 fully saturated rings. The number of nitrogens with one attached hydrogen (secondary N) is 1. The molecule has 0 saturated carbocycles. The summed E-state index contributed by atoms with van der Waals surface area (Å²) in [7, 11) is 1.40. The molecular weight excluding hydrogens is 280 g/mol. The fourth-order valence-electron chi connectivity index (χ4n) is 3.49. The van der Waals surface area contributed by atoms with E-state index in [0.717, 1.165) is 31.5 Å². The molecule has 2 aliphatic heterocycles. The standard InChI is InChI=1S/C17H22N2O3/c1-22-17(21)13-11-14(16(20)19-9-5-6-10-19)18-15(13)12-7-3-2-4-8-12/h2-4,7-8,13-15,18H,5-6,9-11H2,1H3/t13?,14-,15-/m1/s1. The number of nitrogens with zero attached hydrogens (tertiary/aromatic N) is 1. The molecule has 2 saturated heterocycles. The third-order valence-electron chi connectivity index (χ3n) is 4.65. The molecule has 0 bridgehead atoms. The van der Waals surface area contributed by atoms with Gasteiger partial charge in [0.25, 0.3) is 0 Å². The van der Waals surface area contributed by atoms with E-state index >= 15 is 0 Å². The molecular formula is C17H22N2O3. The molecule has 1 aromatic rings. The van der Waals surface area contributed by atoms with Gasteiger partial charge in [0.05, 0.1) is 19.1 Å². The van der Waals surface area contributed by atoms with Crippen LogP contribution in [0.3, 0.4) is 0 Å². The number of hydrogen-bond donors (Lipinski definition) is 1. The molecule has 0 spiro atoms. The van der Waals surface area contributed by atoms with E-state index in [4.69, 9.17) is 4.74 Å². The largest absolute Gasteiger partial charge is 0.469 e. The Bertz CT molecular complexity index is 540. The first-order chi connectivity index (χ1) is 10.7. The van der Waals surface area contributed by atoms with Crippen molar-refractivity contribution in [2.24, 2.45) is 5.92 Å². The highest BCUT2D eigenvalue weighted by Crippen LogP contribution is 2.34. The second-order valence-electron chi connectivity index (χ2n) is 6.01. The van der Waals surface area contributed by atoms with Crippen LogP contribution < -0.4 is 5.32 Å². The topological polar surface area (TPSA) is 58.6 Å². The number of esters is 1. The predicted molar refractivity (Wildman–Crippen MR) is 82.0 cm³/mol. The van der Waals surface area contributed by atoms with Crippen molar-refractivity contribution >= 4 is 11.9 Å². The number of carbonyl (C=O) groups excluding carboxylic acids is 2. The lowest BCUT2D eigenvalue weighted by atomic mass is 9.93. The van der Waals surface area contributed by atoms with E-state index in [1.807, 2.05) is 35.2 Å². The minimum Gasteiger partial charge on any atom is -0.469 e. The molecule has 22 heavy (non-hydrogen) atoms. The average molecular weight is 302 g/mol. The van der Waals surface area contributed by atoms with Crippen LogP contribution in [0.1, 0.15) is 30.9 Å². The number of methoxy groups -OCH3 is 1. The molecule has 2 aliphatic rings. The Morgan fingerprint density at radius 1 is 1.18 bits per heavy atom. The van der Waals surface area contributed by atoms with Gasteiger partial charge in [-0.15, -0.1) is 0 Å². The van der Waals surface area contributed by atoms with Crippen molar-refractivity contribution in [2.75, 3.05) is 20.2 Å². The predicted octanol–water partition coefficient (Wildman–Crippen LogP) is 1.50. The summed E-state index contributed by atoms with van der Waals surface area (Å²) >= 11 is 0. The highest BCUT2D eigenvalue weighted by molar-refractivity contribution is 5.84. The SMILES string of the molecule is COC(=O)C1C[C@H](C(=O)N2CCCC2)N[C@@H]1c1ccccc1. The lowest BCUT2D eigenvalue weighted by Crippen LogP contribution is -2.42. The lowest BCUT2D eigenvalue weighted by Gasteiger charge is -2.21. The molecule has 1 unspecified atom stereocenters. The van der Waals surface area contributed by atoms with E-state index < -0.39 is 0 Å². The molecule has 3 atom stereocenters. The average Bonchev–Trinajstić information content (AvgIpc) is 3.24. The first-order valence-electron chi connectivity index (χ1n) is 7.88. The van der Waals surface area contributed by atoms with Crippen LogP contribution >= 0.6 is 0 Å². The Morgan fingerprint density at radius 2 is 1.86 bits per heavy atom. The zero-order valence-corrected chi connectivity index (χ0v) is 12.8. The van der Waals surface area contributed by atoms with Gasteiger partial charge in [-0.1, -0.05) is 30.3 Å². The second kappa shape index (κ2) is 6.48. The fraction of sp³-hybridized carbons (Fsp3) is 0.529. The van der Waals surface area contributed by atoms with Gasteiger partial charge in [-0.05, 0) is 24.8 Å². The van der Waals surface area contributed by atoms with Crippen LogP contribution in [0, 0.1) is 5.92 Å². The van der Waals surface area contributed by atoms with Gasteiger partial charge in [0.15, 0.2) is 0 Å². The first-order valence-corrected chi connectivity index (χ1v) is 7.88. The number of benzene rings is 1. The number of amides is 1.